The fraction of sp³-hybridized carbons (Fsp3) is 0.500. The molecule has 0 heterocycles. The molecule has 1 rings (SSSR count). The quantitative estimate of drug-likeness (QED) is 0.779. The van der Waals surface area contributed by atoms with Crippen LogP contribution in [0.1, 0.15) is 27.2 Å². The summed E-state index contributed by atoms with van der Waals surface area (Å²) in [5.74, 6) is 0.652. The smallest absolute Gasteiger partial charge is 0.0638 e. The summed E-state index contributed by atoms with van der Waals surface area (Å²) in [7, 11) is 0. The number of rotatable bonds is 4. The molecule has 2 atom stereocenters. The van der Waals surface area contributed by atoms with E-state index in [2.05, 4.69) is 54.7 Å². The molecular weight excluding hydrogens is 320 g/mol. The van der Waals surface area contributed by atoms with Crippen molar-refractivity contribution in [3.63, 3.8) is 0 Å². The second-order valence-electron chi connectivity index (χ2n) is 3.94. The van der Waals surface area contributed by atoms with Gasteiger partial charge in [0, 0.05) is 9.61 Å². The van der Waals surface area contributed by atoms with Crippen molar-refractivity contribution < 1.29 is 0 Å². The molecule has 0 aromatic heterocycles. The first-order chi connectivity index (χ1) is 7.04. The Hall–Kier alpha value is 0.0400. The average molecular weight is 338 g/mol. The molecule has 0 saturated heterocycles. The van der Waals surface area contributed by atoms with E-state index in [0.29, 0.717) is 12.0 Å². The van der Waals surface area contributed by atoms with Crippen molar-refractivity contribution >= 4 is 39.9 Å². The lowest BCUT2D eigenvalue weighted by Crippen LogP contribution is -2.23. The lowest BCUT2D eigenvalue weighted by Gasteiger charge is -2.21. The maximum atomic E-state index is 6.12. The van der Waals surface area contributed by atoms with E-state index in [1.165, 1.54) is 9.99 Å². The fourth-order valence-corrected chi connectivity index (χ4v) is 2.01. The zero-order chi connectivity index (χ0) is 11.4. The average Bonchev–Trinajstić information content (AvgIpc) is 2.22. The van der Waals surface area contributed by atoms with Gasteiger partial charge in [-0.25, -0.2) is 0 Å². The minimum atomic E-state index is 0.450. The molecule has 0 fully saturated rings. The molecule has 0 amide bonds. The standard InChI is InChI=1S/C12H17ClIN/c1-4-8(2)9(3)15-12-7-10(14)5-6-11(12)13/h5-9,15H,4H2,1-3H3. The highest BCUT2D eigenvalue weighted by atomic mass is 127. The van der Waals surface area contributed by atoms with Gasteiger partial charge in [0.15, 0.2) is 0 Å². The first-order valence-corrected chi connectivity index (χ1v) is 6.71. The van der Waals surface area contributed by atoms with Crippen molar-refractivity contribution in [2.24, 2.45) is 5.92 Å². The van der Waals surface area contributed by atoms with Crippen molar-refractivity contribution in [3.05, 3.63) is 26.8 Å². The molecule has 1 aromatic rings. The van der Waals surface area contributed by atoms with E-state index in [4.69, 9.17) is 11.6 Å². The minimum Gasteiger partial charge on any atom is -0.381 e. The summed E-state index contributed by atoms with van der Waals surface area (Å²) in [6.45, 7) is 6.66. The second-order valence-corrected chi connectivity index (χ2v) is 5.60. The number of halogens is 2. The van der Waals surface area contributed by atoms with Crippen LogP contribution < -0.4 is 5.32 Å². The highest BCUT2D eigenvalue weighted by Crippen LogP contribution is 2.25. The first kappa shape index (κ1) is 13.1. The zero-order valence-corrected chi connectivity index (χ0v) is 12.3. The second kappa shape index (κ2) is 5.94. The van der Waals surface area contributed by atoms with Gasteiger partial charge in [0.2, 0.25) is 0 Å². The zero-order valence-electron chi connectivity index (χ0n) is 9.35. The Labute approximate surface area is 111 Å². The van der Waals surface area contributed by atoms with Gasteiger partial charge >= 0.3 is 0 Å². The van der Waals surface area contributed by atoms with Crippen molar-refractivity contribution in [2.45, 2.75) is 33.2 Å². The van der Waals surface area contributed by atoms with Crippen LogP contribution in [0.25, 0.3) is 0 Å². The number of anilines is 1. The molecule has 0 bridgehead atoms. The maximum absolute atomic E-state index is 6.12. The van der Waals surface area contributed by atoms with E-state index in [1.807, 2.05) is 12.1 Å². The van der Waals surface area contributed by atoms with Crippen molar-refractivity contribution in [3.8, 4) is 0 Å². The fourth-order valence-electron chi connectivity index (χ4n) is 1.35. The Balaban J connectivity index is 2.75. The maximum Gasteiger partial charge on any atom is 0.0638 e. The molecule has 1 nitrogen and oxygen atoms in total. The molecule has 0 aliphatic heterocycles. The largest absolute Gasteiger partial charge is 0.381 e. The van der Waals surface area contributed by atoms with Crippen LogP contribution in [0.4, 0.5) is 5.69 Å². The lowest BCUT2D eigenvalue weighted by atomic mass is 10.0. The van der Waals surface area contributed by atoms with E-state index < -0.39 is 0 Å². The SMILES string of the molecule is CCC(C)C(C)Nc1cc(I)ccc1Cl. The molecule has 0 saturated carbocycles. The van der Waals surface area contributed by atoms with Gasteiger partial charge in [-0.3, -0.25) is 0 Å². The van der Waals surface area contributed by atoms with Gasteiger partial charge in [0.05, 0.1) is 10.7 Å². The van der Waals surface area contributed by atoms with Gasteiger partial charge in [-0.2, -0.15) is 0 Å². The molecule has 84 valence electrons. The van der Waals surface area contributed by atoms with Crippen LogP contribution in [-0.2, 0) is 0 Å². The summed E-state index contributed by atoms with van der Waals surface area (Å²) in [6.07, 6.45) is 1.18. The van der Waals surface area contributed by atoms with E-state index in [-0.39, 0.29) is 0 Å². The van der Waals surface area contributed by atoms with Crippen LogP contribution >= 0.6 is 34.2 Å². The third-order valence-electron chi connectivity index (χ3n) is 2.81. The van der Waals surface area contributed by atoms with E-state index >= 15 is 0 Å². The summed E-state index contributed by atoms with van der Waals surface area (Å²) in [5.41, 5.74) is 1.04. The summed E-state index contributed by atoms with van der Waals surface area (Å²) >= 11 is 8.42. The number of benzene rings is 1. The normalized spacial score (nSPS) is 14.7. The predicted octanol–water partition coefficient (Wildman–Crippen LogP) is 4.79. The molecule has 0 aliphatic rings. The predicted molar refractivity (Wildman–Crippen MR) is 76.7 cm³/mol. The molecule has 1 N–H and O–H groups in total. The van der Waals surface area contributed by atoms with Crippen LogP contribution in [0.5, 0.6) is 0 Å². The highest BCUT2D eigenvalue weighted by molar-refractivity contribution is 14.1. The molecule has 2 unspecified atom stereocenters. The third kappa shape index (κ3) is 3.83. The topological polar surface area (TPSA) is 12.0 Å². The Morgan fingerprint density at radius 1 is 1.40 bits per heavy atom. The van der Waals surface area contributed by atoms with Crippen LogP contribution in [0.15, 0.2) is 18.2 Å². The molecule has 0 spiro atoms. The van der Waals surface area contributed by atoms with Gasteiger partial charge in [0.25, 0.3) is 0 Å². The Kier molecular flexibility index (Phi) is 5.19. The van der Waals surface area contributed by atoms with Crippen molar-refractivity contribution in [1.29, 1.82) is 0 Å². The monoisotopic (exact) mass is 337 g/mol. The van der Waals surface area contributed by atoms with Crippen LogP contribution in [0, 0.1) is 9.49 Å². The Morgan fingerprint density at radius 3 is 2.67 bits per heavy atom. The van der Waals surface area contributed by atoms with E-state index in [0.717, 1.165) is 10.7 Å². The van der Waals surface area contributed by atoms with Gasteiger partial charge in [-0.05, 0) is 53.6 Å². The van der Waals surface area contributed by atoms with Crippen molar-refractivity contribution in [1.82, 2.24) is 0 Å². The van der Waals surface area contributed by atoms with E-state index in [9.17, 15) is 0 Å². The van der Waals surface area contributed by atoms with Gasteiger partial charge in [-0.15, -0.1) is 0 Å². The van der Waals surface area contributed by atoms with Gasteiger partial charge in [0.1, 0.15) is 0 Å². The van der Waals surface area contributed by atoms with Gasteiger partial charge < -0.3 is 5.32 Å². The van der Waals surface area contributed by atoms with Crippen molar-refractivity contribution in [2.75, 3.05) is 5.32 Å². The van der Waals surface area contributed by atoms with Crippen LogP contribution in [-0.4, -0.2) is 6.04 Å². The number of nitrogens with one attached hydrogen (secondary N) is 1. The third-order valence-corrected chi connectivity index (χ3v) is 3.81. The van der Waals surface area contributed by atoms with Gasteiger partial charge in [-0.1, -0.05) is 31.9 Å². The molecule has 0 radical (unpaired) electrons. The van der Waals surface area contributed by atoms with Crippen LogP contribution in [0.2, 0.25) is 5.02 Å². The number of hydrogen-bond donors (Lipinski definition) is 1. The summed E-state index contributed by atoms with van der Waals surface area (Å²) in [6, 6.07) is 6.49. The minimum absolute atomic E-state index is 0.450. The molecule has 15 heavy (non-hydrogen) atoms. The Morgan fingerprint density at radius 2 is 2.07 bits per heavy atom. The first-order valence-electron chi connectivity index (χ1n) is 5.26. The van der Waals surface area contributed by atoms with E-state index in [1.54, 1.807) is 0 Å². The molecule has 0 aliphatic carbocycles. The summed E-state index contributed by atoms with van der Waals surface area (Å²) < 4.78 is 1.20. The summed E-state index contributed by atoms with van der Waals surface area (Å²) in [4.78, 5) is 0. The van der Waals surface area contributed by atoms with Crippen LogP contribution in [0.3, 0.4) is 0 Å². The summed E-state index contributed by atoms with van der Waals surface area (Å²) in [5, 5.41) is 4.26. The molecule has 3 heteroatoms. The highest BCUT2D eigenvalue weighted by Gasteiger charge is 2.11. The molecule has 1 aromatic carbocycles. The molecular formula is C12H17ClIN. The Bertz CT molecular complexity index is 327. The number of hydrogen-bond acceptors (Lipinski definition) is 1. The lowest BCUT2D eigenvalue weighted by molar-refractivity contribution is 0.494.